The van der Waals surface area contributed by atoms with Gasteiger partial charge in [0.25, 0.3) is 0 Å². The molecule has 1 saturated heterocycles. The highest BCUT2D eigenvalue weighted by molar-refractivity contribution is 5.73. The summed E-state index contributed by atoms with van der Waals surface area (Å²) >= 11 is 0. The Hall–Kier alpha value is -0.610. The summed E-state index contributed by atoms with van der Waals surface area (Å²) in [5, 5.41) is 20.3. The van der Waals surface area contributed by atoms with E-state index < -0.39 is 11.5 Å². The van der Waals surface area contributed by atoms with Gasteiger partial charge in [0.2, 0.25) is 0 Å². The van der Waals surface area contributed by atoms with Gasteiger partial charge < -0.3 is 14.9 Å². The summed E-state index contributed by atoms with van der Waals surface area (Å²) in [4.78, 5) is 11.8. The van der Waals surface area contributed by atoms with Crippen molar-refractivity contribution in [1.82, 2.24) is 0 Å². The van der Waals surface area contributed by atoms with Crippen molar-refractivity contribution in [3.63, 3.8) is 0 Å². The van der Waals surface area contributed by atoms with E-state index in [0.717, 1.165) is 19.3 Å². The molecule has 0 amide bonds. The molecule has 0 aromatic rings. The van der Waals surface area contributed by atoms with Crippen LogP contribution in [0.1, 0.15) is 52.9 Å². The minimum Gasteiger partial charge on any atom is -0.459 e. The van der Waals surface area contributed by atoms with Gasteiger partial charge in [-0.05, 0) is 43.9 Å². The van der Waals surface area contributed by atoms with Crippen molar-refractivity contribution < 1.29 is 19.7 Å². The molecule has 0 radical (unpaired) electrons. The second kappa shape index (κ2) is 4.20. The summed E-state index contributed by atoms with van der Waals surface area (Å²) in [7, 11) is 0. The molecular formula is C16H26O4. The molecule has 0 aromatic carbocycles. The summed E-state index contributed by atoms with van der Waals surface area (Å²) in [5.41, 5.74) is -0.836. The molecule has 2 aliphatic carbocycles. The van der Waals surface area contributed by atoms with E-state index in [1.807, 2.05) is 6.92 Å². The second-order valence-corrected chi connectivity index (χ2v) is 7.86. The lowest BCUT2D eigenvalue weighted by Gasteiger charge is -2.61. The van der Waals surface area contributed by atoms with Gasteiger partial charge in [0.05, 0.1) is 19.1 Å². The third-order valence-electron chi connectivity index (χ3n) is 6.83. The van der Waals surface area contributed by atoms with Crippen LogP contribution in [-0.4, -0.2) is 34.5 Å². The number of aliphatic hydroxyl groups is 2. The smallest absolute Gasteiger partial charge is 0.306 e. The number of esters is 1. The molecule has 3 fully saturated rings. The van der Waals surface area contributed by atoms with Gasteiger partial charge in [0, 0.05) is 11.3 Å². The number of fused-ring (bicyclic) bond motifs is 3. The third-order valence-corrected chi connectivity index (χ3v) is 6.83. The average molecular weight is 282 g/mol. The Kier molecular flexibility index (Phi) is 3.01. The van der Waals surface area contributed by atoms with E-state index in [9.17, 15) is 15.0 Å². The van der Waals surface area contributed by atoms with Crippen LogP contribution in [0.2, 0.25) is 0 Å². The predicted molar refractivity (Wildman–Crippen MR) is 73.9 cm³/mol. The minimum atomic E-state index is -0.458. The van der Waals surface area contributed by atoms with Gasteiger partial charge >= 0.3 is 5.97 Å². The van der Waals surface area contributed by atoms with Crippen LogP contribution in [0.25, 0.3) is 0 Å². The molecule has 2 saturated carbocycles. The van der Waals surface area contributed by atoms with Crippen molar-refractivity contribution in [1.29, 1.82) is 0 Å². The lowest BCUT2D eigenvalue weighted by molar-refractivity contribution is -0.196. The van der Waals surface area contributed by atoms with Crippen LogP contribution in [0, 0.1) is 22.7 Å². The summed E-state index contributed by atoms with van der Waals surface area (Å²) in [6, 6.07) is 0. The summed E-state index contributed by atoms with van der Waals surface area (Å²) < 4.78 is 5.63. The average Bonchev–Trinajstić information content (AvgIpc) is 2.70. The number of hydrogen-bond acceptors (Lipinski definition) is 4. The molecule has 0 bridgehead atoms. The van der Waals surface area contributed by atoms with Crippen molar-refractivity contribution in [2.75, 3.05) is 6.61 Å². The first-order valence-corrected chi connectivity index (χ1v) is 7.77. The van der Waals surface area contributed by atoms with Crippen molar-refractivity contribution >= 4 is 5.97 Å². The summed E-state index contributed by atoms with van der Waals surface area (Å²) in [6.45, 7) is 6.31. The number of rotatable bonds is 1. The van der Waals surface area contributed by atoms with E-state index in [2.05, 4.69) is 13.8 Å². The van der Waals surface area contributed by atoms with Gasteiger partial charge in [-0.25, -0.2) is 0 Å². The minimum absolute atomic E-state index is 0.00661. The van der Waals surface area contributed by atoms with Crippen molar-refractivity contribution in [3.8, 4) is 0 Å². The zero-order valence-corrected chi connectivity index (χ0v) is 12.7. The van der Waals surface area contributed by atoms with Crippen LogP contribution >= 0.6 is 0 Å². The Balaban J connectivity index is 2.01. The molecule has 1 aliphatic heterocycles. The number of carbonyl (C=O) groups is 1. The first kappa shape index (κ1) is 14.3. The van der Waals surface area contributed by atoms with E-state index in [0.29, 0.717) is 12.8 Å². The SMILES string of the molecule is C[C@]12CC[C@H](O)[C@@](C)(CO)[C@@H]1CC[C@@]1(C)OC(=O)C[C@H]21. The van der Waals surface area contributed by atoms with Gasteiger partial charge in [-0.3, -0.25) is 4.79 Å². The van der Waals surface area contributed by atoms with Crippen molar-refractivity contribution in [2.45, 2.75) is 64.6 Å². The lowest BCUT2D eigenvalue weighted by Crippen LogP contribution is -2.61. The zero-order valence-electron chi connectivity index (χ0n) is 12.7. The fourth-order valence-corrected chi connectivity index (χ4v) is 5.57. The number of aliphatic hydroxyl groups excluding tert-OH is 2. The molecular weight excluding hydrogens is 256 g/mol. The highest BCUT2D eigenvalue weighted by Crippen LogP contribution is 2.64. The predicted octanol–water partition coefficient (Wildman–Crippen LogP) is 1.88. The van der Waals surface area contributed by atoms with Gasteiger partial charge in [-0.2, -0.15) is 0 Å². The monoisotopic (exact) mass is 282 g/mol. The van der Waals surface area contributed by atoms with Gasteiger partial charge in [-0.1, -0.05) is 13.8 Å². The maximum absolute atomic E-state index is 11.8. The molecule has 6 atom stereocenters. The molecule has 0 spiro atoms. The zero-order chi connectivity index (χ0) is 14.8. The van der Waals surface area contributed by atoms with Gasteiger partial charge in [0.15, 0.2) is 0 Å². The quantitative estimate of drug-likeness (QED) is 0.721. The summed E-state index contributed by atoms with van der Waals surface area (Å²) in [6.07, 6.45) is 3.39. The number of hydrogen-bond donors (Lipinski definition) is 2. The van der Waals surface area contributed by atoms with Crippen molar-refractivity contribution in [3.05, 3.63) is 0 Å². The number of carbonyl (C=O) groups excluding carboxylic acids is 1. The molecule has 3 rings (SSSR count). The van der Waals surface area contributed by atoms with Crippen LogP contribution in [0.3, 0.4) is 0 Å². The van der Waals surface area contributed by atoms with Crippen LogP contribution in [0.4, 0.5) is 0 Å². The first-order valence-electron chi connectivity index (χ1n) is 7.77. The molecule has 20 heavy (non-hydrogen) atoms. The summed E-state index contributed by atoms with van der Waals surface area (Å²) in [5.74, 6) is 0.368. The van der Waals surface area contributed by atoms with Crippen LogP contribution in [0.5, 0.6) is 0 Å². The fraction of sp³-hybridized carbons (Fsp3) is 0.938. The third kappa shape index (κ3) is 1.64. The van der Waals surface area contributed by atoms with Crippen molar-refractivity contribution in [2.24, 2.45) is 22.7 Å². The Morgan fingerprint density at radius 1 is 1.20 bits per heavy atom. The Labute approximate surface area is 120 Å². The topological polar surface area (TPSA) is 66.8 Å². The van der Waals surface area contributed by atoms with E-state index in [1.54, 1.807) is 0 Å². The lowest BCUT2D eigenvalue weighted by atomic mass is 9.45. The van der Waals surface area contributed by atoms with Crippen LogP contribution in [0.15, 0.2) is 0 Å². The van der Waals surface area contributed by atoms with E-state index in [-0.39, 0.29) is 35.4 Å². The van der Waals surface area contributed by atoms with Crippen LogP contribution < -0.4 is 0 Å². The highest BCUT2D eigenvalue weighted by Gasteiger charge is 2.65. The maximum atomic E-state index is 11.8. The number of ether oxygens (including phenoxy) is 1. The fourth-order valence-electron chi connectivity index (χ4n) is 5.57. The molecule has 4 heteroatoms. The molecule has 0 unspecified atom stereocenters. The Bertz CT molecular complexity index is 436. The largest absolute Gasteiger partial charge is 0.459 e. The molecule has 114 valence electrons. The molecule has 4 nitrogen and oxygen atoms in total. The second-order valence-electron chi connectivity index (χ2n) is 7.86. The normalized spacial score (nSPS) is 55.0. The van der Waals surface area contributed by atoms with E-state index in [1.165, 1.54) is 0 Å². The van der Waals surface area contributed by atoms with Crippen LogP contribution in [-0.2, 0) is 9.53 Å². The molecule has 0 aromatic heterocycles. The molecule has 2 N–H and O–H groups in total. The maximum Gasteiger partial charge on any atom is 0.306 e. The Morgan fingerprint density at radius 2 is 1.90 bits per heavy atom. The highest BCUT2D eigenvalue weighted by atomic mass is 16.6. The molecule has 1 heterocycles. The molecule has 3 aliphatic rings. The van der Waals surface area contributed by atoms with E-state index >= 15 is 0 Å². The standard InChI is InChI=1S/C16H26O4/c1-14-6-5-12(18)15(2,9-17)10(14)4-7-16(3)11(14)8-13(19)20-16/h10-12,17-18H,4-9H2,1-3H3/t10-,11-,12+,14+,15+,16-/m1/s1. The van der Waals surface area contributed by atoms with Gasteiger partial charge in [0.1, 0.15) is 5.60 Å². The Morgan fingerprint density at radius 3 is 2.55 bits per heavy atom. The van der Waals surface area contributed by atoms with E-state index in [4.69, 9.17) is 4.74 Å². The van der Waals surface area contributed by atoms with Gasteiger partial charge in [-0.15, -0.1) is 0 Å². The first-order chi connectivity index (χ1) is 9.26.